The molecule has 1 aromatic rings. The molecule has 0 saturated heterocycles. The van der Waals surface area contributed by atoms with Crippen LogP contribution in [0.1, 0.15) is 5.56 Å². The van der Waals surface area contributed by atoms with E-state index in [0.717, 1.165) is 0 Å². The van der Waals surface area contributed by atoms with Crippen molar-refractivity contribution < 1.29 is 25.9 Å². The van der Waals surface area contributed by atoms with Gasteiger partial charge < -0.3 is 0 Å². The van der Waals surface area contributed by atoms with Gasteiger partial charge in [0.25, 0.3) is 20.2 Å². The summed E-state index contributed by atoms with van der Waals surface area (Å²) >= 11 is 4.58. The van der Waals surface area contributed by atoms with Crippen molar-refractivity contribution in [2.75, 3.05) is 0 Å². The van der Waals surface area contributed by atoms with E-state index in [4.69, 9.17) is 0 Å². The first-order chi connectivity index (χ1) is 11.6. The number of hydrogen-bond acceptors (Lipinski definition) is 6. The minimum Gasteiger partial charge on any atom is -0.285 e. The lowest BCUT2D eigenvalue weighted by Crippen LogP contribution is -2.42. The number of thiocarbonyl (C=S) groups is 1. The maximum atomic E-state index is 11.7. The molecule has 2 rings (SSSR count). The topological polar surface area (TPSA) is 121 Å². The van der Waals surface area contributed by atoms with E-state index in [2.05, 4.69) is 22.4 Å². The highest BCUT2D eigenvalue weighted by Gasteiger charge is 2.42. The molecule has 0 radical (unpaired) electrons. The number of allylic oxidation sites excluding steroid dienone is 2. The number of aliphatic imine (C=N–C) groups is 1. The lowest BCUT2D eigenvalue weighted by molar-refractivity contribution is 0.460. The molecule has 2 N–H and O–H groups in total. The van der Waals surface area contributed by atoms with Gasteiger partial charge in [-0.25, -0.2) is 4.99 Å². The van der Waals surface area contributed by atoms with Gasteiger partial charge in [0.1, 0.15) is 15.7 Å². The Morgan fingerprint density at radius 3 is 2.44 bits per heavy atom. The zero-order valence-corrected chi connectivity index (χ0v) is 15.0. The van der Waals surface area contributed by atoms with E-state index < -0.39 is 31.0 Å². The normalized spacial score (nSPS) is 23.5. The molecular formula is C15H13NO6S3. The summed E-state index contributed by atoms with van der Waals surface area (Å²) in [6.45, 7) is 0. The summed E-state index contributed by atoms with van der Waals surface area (Å²) in [5.41, 5.74) is -1.49. The van der Waals surface area contributed by atoms with Crippen molar-refractivity contribution in [3.8, 4) is 0 Å². The van der Waals surface area contributed by atoms with Crippen LogP contribution in [0.3, 0.4) is 0 Å². The lowest BCUT2D eigenvalue weighted by atomic mass is 9.90. The van der Waals surface area contributed by atoms with Gasteiger partial charge in [-0.05, 0) is 23.8 Å². The molecule has 0 heterocycles. The Kier molecular flexibility index (Phi) is 5.52. The molecular weight excluding hydrogens is 386 g/mol. The Bertz CT molecular complexity index is 1020. The highest BCUT2D eigenvalue weighted by Crippen LogP contribution is 2.31. The zero-order valence-electron chi connectivity index (χ0n) is 12.6. The van der Waals surface area contributed by atoms with Gasteiger partial charge in [0.15, 0.2) is 0 Å². The fraction of sp³-hybridized carbons (Fsp3) is 0.133. The molecule has 1 aliphatic rings. The van der Waals surface area contributed by atoms with Crippen LogP contribution >= 0.6 is 12.2 Å². The summed E-state index contributed by atoms with van der Waals surface area (Å²) in [4.78, 5) is 3.50. The molecule has 2 atom stereocenters. The highest BCUT2D eigenvalue weighted by molar-refractivity contribution is 7.86. The first kappa shape index (κ1) is 19.4. The highest BCUT2D eigenvalue weighted by atomic mass is 32.2. The second kappa shape index (κ2) is 7.12. The third-order valence-corrected chi connectivity index (χ3v) is 5.70. The Morgan fingerprint density at radius 1 is 1.16 bits per heavy atom. The Balaban J connectivity index is 2.62. The third-order valence-electron chi connectivity index (χ3n) is 3.50. The second-order valence-electron chi connectivity index (χ2n) is 5.12. The van der Waals surface area contributed by atoms with Gasteiger partial charge in [-0.15, -0.1) is 0 Å². The molecule has 0 aliphatic heterocycles. The lowest BCUT2D eigenvalue weighted by Gasteiger charge is -2.29. The largest absolute Gasteiger partial charge is 0.295 e. The quantitative estimate of drug-likeness (QED) is 0.442. The van der Waals surface area contributed by atoms with Crippen molar-refractivity contribution >= 4 is 43.7 Å². The molecule has 7 nitrogen and oxygen atoms in total. The number of hydrogen-bond donors (Lipinski definition) is 2. The van der Waals surface area contributed by atoms with Crippen LogP contribution in [0.15, 0.2) is 64.5 Å². The molecule has 0 fully saturated rings. The maximum absolute atomic E-state index is 11.7. The monoisotopic (exact) mass is 399 g/mol. The van der Waals surface area contributed by atoms with Crippen molar-refractivity contribution in [2.24, 2.45) is 4.99 Å². The van der Waals surface area contributed by atoms with E-state index in [-0.39, 0.29) is 10.5 Å². The number of benzene rings is 1. The van der Waals surface area contributed by atoms with Crippen molar-refractivity contribution in [1.29, 1.82) is 0 Å². The minimum absolute atomic E-state index is 0.112. The standard InChI is InChI=1S/C15H13NO6S3/c17-24(18,19)13-6-2-1-5-12(13)8-10-15(16-11-23)9-4-3-7-14(15)25(20,21)22/h1-10,14H,(H,17,18,19)(H,20,21,22). The van der Waals surface area contributed by atoms with Crippen LogP contribution in [0.2, 0.25) is 0 Å². The van der Waals surface area contributed by atoms with Crippen LogP contribution in [0, 0.1) is 0 Å². The van der Waals surface area contributed by atoms with E-state index in [1.165, 1.54) is 54.7 Å². The average molecular weight is 399 g/mol. The molecule has 2 unspecified atom stereocenters. The average Bonchev–Trinajstić information content (AvgIpc) is 2.52. The minimum atomic E-state index is -4.54. The summed E-state index contributed by atoms with van der Waals surface area (Å²) in [5, 5.41) is 0.627. The fourth-order valence-corrected chi connectivity index (χ4v) is 4.22. The SMILES string of the molecule is O=S(=O)(O)c1ccccc1C=CC1(N=C=S)C=CC=CC1S(=O)(=O)O. The number of isothiocyanates is 1. The van der Waals surface area contributed by atoms with Crippen LogP contribution < -0.4 is 0 Å². The van der Waals surface area contributed by atoms with Crippen molar-refractivity contribution in [2.45, 2.75) is 15.7 Å². The van der Waals surface area contributed by atoms with Crippen LogP contribution in [-0.2, 0) is 20.2 Å². The van der Waals surface area contributed by atoms with Gasteiger partial charge in [-0.2, -0.15) is 16.8 Å². The van der Waals surface area contributed by atoms with E-state index >= 15 is 0 Å². The summed E-state index contributed by atoms with van der Waals surface area (Å²) in [5.74, 6) is 0. The van der Waals surface area contributed by atoms with Crippen molar-refractivity contribution in [3.63, 3.8) is 0 Å². The van der Waals surface area contributed by atoms with Gasteiger partial charge in [-0.3, -0.25) is 9.11 Å². The first-order valence-electron chi connectivity index (χ1n) is 6.77. The van der Waals surface area contributed by atoms with Crippen LogP contribution in [-0.4, -0.2) is 41.9 Å². The summed E-state index contributed by atoms with van der Waals surface area (Å²) in [7, 11) is -9.01. The van der Waals surface area contributed by atoms with E-state index in [9.17, 15) is 25.9 Å². The summed E-state index contributed by atoms with van der Waals surface area (Å²) in [6, 6.07) is 5.58. The fourth-order valence-electron chi connectivity index (χ4n) is 2.41. The van der Waals surface area contributed by atoms with Crippen molar-refractivity contribution in [1.82, 2.24) is 0 Å². The van der Waals surface area contributed by atoms with Crippen LogP contribution in [0.4, 0.5) is 0 Å². The first-order valence-corrected chi connectivity index (χ1v) is 10.1. The molecule has 25 heavy (non-hydrogen) atoms. The zero-order chi connectivity index (χ0) is 18.7. The predicted molar refractivity (Wildman–Crippen MR) is 96.7 cm³/mol. The van der Waals surface area contributed by atoms with Crippen LogP contribution in [0.5, 0.6) is 0 Å². The van der Waals surface area contributed by atoms with E-state index in [0.29, 0.717) is 0 Å². The summed E-state index contributed by atoms with van der Waals surface area (Å²) < 4.78 is 65.0. The van der Waals surface area contributed by atoms with Gasteiger partial charge >= 0.3 is 0 Å². The molecule has 1 aromatic carbocycles. The predicted octanol–water partition coefficient (Wildman–Crippen LogP) is 2.17. The molecule has 0 aromatic heterocycles. The van der Waals surface area contributed by atoms with Gasteiger partial charge in [-0.1, -0.05) is 54.7 Å². The number of nitrogens with zero attached hydrogens (tertiary/aromatic N) is 1. The van der Waals surface area contributed by atoms with E-state index in [1.54, 1.807) is 6.07 Å². The van der Waals surface area contributed by atoms with Gasteiger partial charge in [0.05, 0.1) is 5.16 Å². The molecule has 0 bridgehead atoms. The van der Waals surface area contributed by atoms with Gasteiger partial charge in [0.2, 0.25) is 0 Å². The molecule has 0 spiro atoms. The maximum Gasteiger partial charge on any atom is 0.295 e. The molecule has 132 valence electrons. The molecule has 0 amide bonds. The Morgan fingerprint density at radius 2 is 1.84 bits per heavy atom. The Labute approximate surface area is 150 Å². The van der Waals surface area contributed by atoms with Crippen LogP contribution in [0.25, 0.3) is 6.08 Å². The molecule has 10 heteroatoms. The second-order valence-corrected chi connectivity index (χ2v) is 8.23. The summed E-state index contributed by atoms with van der Waals surface area (Å²) in [6.07, 6.45) is 8.10. The smallest absolute Gasteiger partial charge is 0.285 e. The third kappa shape index (κ3) is 4.37. The molecule has 1 aliphatic carbocycles. The van der Waals surface area contributed by atoms with Gasteiger partial charge in [0, 0.05) is 0 Å². The van der Waals surface area contributed by atoms with Crippen molar-refractivity contribution in [3.05, 3.63) is 60.2 Å². The molecule has 0 saturated carbocycles. The number of rotatable bonds is 5. The Hall–Kier alpha value is -1.94. The van der Waals surface area contributed by atoms with E-state index in [1.807, 2.05) is 0 Å².